The van der Waals surface area contributed by atoms with E-state index in [9.17, 15) is 0 Å². The Hall–Kier alpha value is -2.03. The first-order valence-electron chi connectivity index (χ1n) is 8.77. The average molecular weight is 354 g/mol. The van der Waals surface area contributed by atoms with Crippen LogP contribution in [0.5, 0.6) is 5.75 Å². The van der Waals surface area contributed by atoms with Crippen LogP contribution in [0, 0.1) is 0 Å². The Morgan fingerprint density at radius 3 is 2.68 bits per heavy atom. The maximum Gasteiger partial charge on any atom is 0.122 e. The Morgan fingerprint density at radius 2 is 1.76 bits per heavy atom. The molecular formula is C22H24ClNO. The number of fused-ring (bicyclic) bond motifs is 2. The lowest BCUT2D eigenvalue weighted by atomic mass is 9.99. The minimum atomic E-state index is 0. The Kier molecular flexibility index (Phi) is 5.62. The first-order valence-corrected chi connectivity index (χ1v) is 8.77. The standard InChI is InChI=1S/C22H23NO.ClH/c1-16(20-11-6-9-17-7-2-4-10-21(17)20)23-15-19-14-13-18-8-3-5-12-22(18)24-19;/h2-12,16,19,23H,13-15H2,1H3;1H/t16-,19?;/m1./s1. The lowest BCUT2D eigenvalue weighted by Crippen LogP contribution is -2.35. The molecule has 0 aliphatic carbocycles. The van der Waals surface area contributed by atoms with Crippen molar-refractivity contribution in [1.82, 2.24) is 5.32 Å². The molecule has 0 fully saturated rings. The number of nitrogens with one attached hydrogen (secondary N) is 1. The summed E-state index contributed by atoms with van der Waals surface area (Å²) in [7, 11) is 0. The summed E-state index contributed by atoms with van der Waals surface area (Å²) < 4.78 is 6.14. The molecule has 4 rings (SSSR count). The topological polar surface area (TPSA) is 21.3 Å². The van der Waals surface area contributed by atoms with Crippen LogP contribution in [-0.2, 0) is 6.42 Å². The highest BCUT2D eigenvalue weighted by Crippen LogP contribution is 2.28. The average Bonchev–Trinajstić information content (AvgIpc) is 2.65. The summed E-state index contributed by atoms with van der Waals surface area (Å²) in [5.74, 6) is 1.05. The van der Waals surface area contributed by atoms with Crippen molar-refractivity contribution in [2.24, 2.45) is 0 Å². The molecule has 0 radical (unpaired) electrons. The van der Waals surface area contributed by atoms with Crippen LogP contribution in [-0.4, -0.2) is 12.6 Å². The second kappa shape index (κ2) is 7.90. The molecule has 0 saturated heterocycles. The smallest absolute Gasteiger partial charge is 0.122 e. The monoisotopic (exact) mass is 353 g/mol. The minimum Gasteiger partial charge on any atom is -0.489 e. The van der Waals surface area contributed by atoms with E-state index in [1.54, 1.807) is 0 Å². The SMILES string of the molecule is C[C@@H](NCC1CCc2ccccc2O1)c1cccc2ccccc12.Cl. The van der Waals surface area contributed by atoms with Crippen molar-refractivity contribution in [2.75, 3.05) is 6.54 Å². The van der Waals surface area contributed by atoms with Gasteiger partial charge in [0.2, 0.25) is 0 Å². The van der Waals surface area contributed by atoms with Gasteiger partial charge in [0.1, 0.15) is 11.9 Å². The fraction of sp³-hybridized carbons (Fsp3) is 0.273. The summed E-state index contributed by atoms with van der Waals surface area (Å²) in [6, 6.07) is 23.8. The second-order valence-electron chi connectivity index (χ2n) is 6.58. The highest BCUT2D eigenvalue weighted by atomic mass is 35.5. The molecule has 3 aromatic rings. The van der Waals surface area contributed by atoms with Crippen molar-refractivity contribution in [3.8, 4) is 5.75 Å². The van der Waals surface area contributed by atoms with Crippen LogP contribution in [0.15, 0.2) is 66.7 Å². The van der Waals surface area contributed by atoms with Crippen LogP contribution < -0.4 is 10.1 Å². The van der Waals surface area contributed by atoms with Gasteiger partial charge in [0.15, 0.2) is 0 Å². The quantitative estimate of drug-likeness (QED) is 0.686. The number of para-hydroxylation sites is 1. The summed E-state index contributed by atoms with van der Waals surface area (Å²) >= 11 is 0. The molecular weight excluding hydrogens is 330 g/mol. The molecule has 1 heterocycles. The van der Waals surface area contributed by atoms with Crippen molar-refractivity contribution in [1.29, 1.82) is 0 Å². The van der Waals surface area contributed by atoms with Crippen LogP contribution >= 0.6 is 12.4 Å². The van der Waals surface area contributed by atoms with Gasteiger partial charge >= 0.3 is 0 Å². The van der Waals surface area contributed by atoms with Crippen molar-refractivity contribution in [2.45, 2.75) is 31.9 Å². The van der Waals surface area contributed by atoms with Crippen LogP contribution in [0.4, 0.5) is 0 Å². The zero-order valence-electron chi connectivity index (χ0n) is 14.4. The number of halogens is 1. The summed E-state index contributed by atoms with van der Waals surface area (Å²) in [5.41, 5.74) is 2.68. The summed E-state index contributed by atoms with van der Waals surface area (Å²) in [5, 5.41) is 6.29. The van der Waals surface area contributed by atoms with Gasteiger partial charge in [-0.25, -0.2) is 0 Å². The molecule has 2 atom stereocenters. The van der Waals surface area contributed by atoms with E-state index in [1.807, 2.05) is 6.07 Å². The zero-order valence-corrected chi connectivity index (χ0v) is 15.3. The number of hydrogen-bond acceptors (Lipinski definition) is 2. The summed E-state index contributed by atoms with van der Waals surface area (Å²) in [6.07, 6.45) is 2.43. The molecule has 130 valence electrons. The molecule has 1 unspecified atom stereocenters. The fourth-order valence-electron chi connectivity index (χ4n) is 3.57. The van der Waals surface area contributed by atoms with E-state index in [0.29, 0.717) is 6.04 Å². The van der Waals surface area contributed by atoms with Gasteiger partial charge in [-0.1, -0.05) is 60.7 Å². The normalized spacial score (nSPS) is 17.2. The Labute approximate surface area is 155 Å². The zero-order chi connectivity index (χ0) is 16.4. The molecule has 0 aromatic heterocycles. The molecule has 1 N–H and O–H groups in total. The van der Waals surface area contributed by atoms with Crippen LogP contribution in [0.1, 0.15) is 30.5 Å². The van der Waals surface area contributed by atoms with Crippen LogP contribution in [0.25, 0.3) is 10.8 Å². The highest BCUT2D eigenvalue weighted by molar-refractivity contribution is 5.86. The minimum absolute atomic E-state index is 0. The summed E-state index contributed by atoms with van der Waals surface area (Å²) in [4.78, 5) is 0. The highest BCUT2D eigenvalue weighted by Gasteiger charge is 2.20. The number of ether oxygens (including phenoxy) is 1. The molecule has 1 aliphatic heterocycles. The molecule has 0 bridgehead atoms. The van der Waals surface area contributed by atoms with Crippen LogP contribution in [0.3, 0.4) is 0 Å². The van der Waals surface area contributed by atoms with Gasteiger partial charge in [0.05, 0.1) is 0 Å². The molecule has 3 heteroatoms. The molecule has 1 aliphatic rings. The molecule has 0 spiro atoms. The third-order valence-corrected chi connectivity index (χ3v) is 4.94. The molecule has 2 nitrogen and oxygen atoms in total. The van der Waals surface area contributed by atoms with E-state index >= 15 is 0 Å². The van der Waals surface area contributed by atoms with E-state index in [4.69, 9.17) is 4.74 Å². The molecule has 0 saturated carbocycles. The number of hydrogen-bond donors (Lipinski definition) is 1. The number of benzene rings is 3. The van der Waals surface area contributed by atoms with E-state index < -0.39 is 0 Å². The Balaban J connectivity index is 0.00000182. The van der Waals surface area contributed by atoms with Crippen LogP contribution in [0.2, 0.25) is 0 Å². The lowest BCUT2D eigenvalue weighted by Gasteiger charge is -2.27. The van der Waals surface area contributed by atoms with Crippen molar-refractivity contribution < 1.29 is 4.74 Å². The van der Waals surface area contributed by atoms with Gasteiger partial charge < -0.3 is 10.1 Å². The van der Waals surface area contributed by atoms with Gasteiger partial charge in [-0.2, -0.15) is 0 Å². The Bertz CT molecular complexity index is 843. The number of aryl methyl sites for hydroxylation is 1. The molecule has 25 heavy (non-hydrogen) atoms. The number of rotatable bonds is 4. The second-order valence-corrected chi connectivity index (χ2v) is 6.58. The fourth-order valence-corrected chi connectivity index (χ4v) is 3.57. The van der Waals surface area contributed by atoms with Gasteiger partial charge in [0, 0.05) is 12.6 Å². The van der Waals surface area contributed by atoms with E-state index in [-0.39, 0.29) is 18.5 Å². The third kappa shape index (κ3) is 3.81. The first-order chi connectivity index (χ1) is 11.8. The molecule has 3 aromatic carbocycles. The predicted octanol–water partition coefficient (Wildman–Crippen LogP) is 5.31. The Morgan fingerprint density at radius 1 is 1.00 bits per heavy atom. The van der Waals surface area contributed by atoms with E-state index in [1.165, 1.54) is 21.9 Å². The largest absolute Gasteiger partial charge is 0.489 e. The molecule has 0 amide bonds. The van der Waals surface area contributed by atoms with Crippen molar-refractivity contribution >= 4 is 23.2 Å². The van der Waals surface area contributed by atoms with Gasteiger partial charge in [0.25, 0.3) is 0 Å². The van der Waals surface area contributed by atoms with E-state index in [2.05, 4.69) is 72.9 Å². The van der Waals surface area contributed by atoms with E-state index in [0.717, 1.165) is 25.1 Å². The summed E-state index contributed by atoms with van der Waals surface area (Å²) in [6.45, 7) is 3.11. The maximum absolute atomic E-state index is 6.14. The van der Waals surface area contributed by atoms with Crippen molar-refractivity contribution in [3.05, 3.63) is 77.9 Å². The van der Waals surface area contributed by atoms with Gasteiger partial charge in [-0.3, -0.25) is 0 Å². The maximum atomic E-state index is 6.14. The van der Waals surface area contributed by atoms with Crippen molar-refractivity contribution in [3.63, 3.8) is 0 Å². The van der Waals surface area contributed by atoms with Gasteiger partial charge in [-0.15, -0.1) is 12.4 Å². The van der Waals surface area contributed by atoms with Gasteiger partial charge in [-0.05, 0) is 47.7 Å². The lowest BCUT2D eigenvalue weighted by molar-refractivity contribution is 0.167. The predicted molar refractivity (Wildman–Crippen MR) is 107 cm³/mol. The first kappa shape index (κ1) is 17.8. The third-order valence-electron chi connectivity index (χ3n) is 4.94.